The summed E-state index contributed by atoms with van der Waals surface area (Å²) >= 11 is 0. The molecule has 1 saturated carbocycles. The van der Waals surface area contributed by atoms with E-state index in [9.17, 15) is 14.4 Å². The quantitative estimate of drug-likeness (QED) is 0.329. The molecule has 0 amide bonds. The van der Waals surface area contributed by atoms with Crippen LogP contribution < -0.4 is 14.2 Å². The van der Waals surface area contributed by atoms with Crippen molar-refractivity contribution >= 4 is 23.4 Å². The molecule has 2 aliphatic rings. The Hall–Kier alpha value is -4.14. The zero-order valence-corrected chi connectivity index (χ0v) is 23.7. The number of methoxy groups -OCH3 is 3. The van der Waals surface area contributed by atoms with Crippen LogP contribution in [0.2, 0.25) is 0 Å². The van der Waals surface area contributed by atoms with Crippen LogP contribution in [0.5, 0.6) is 17.2 Å². The van der Waals surface area contributed by atoms with Crippen LogP contribution in [0.25, 0.3) is 0 Å². The standard InChI is InChI=1S/C31H35NO8/c1-7-39-30(34)25-17(3)32-22-16-21(18-9-12-20(36-4)13-10-18)27(31(35)40-8-2)29(33)28(22)26(25)19-11-14-23(37-5)24(15-19)38-6/h9-15,21,26-28H,7-8,16H2,1-6H3/t21-,26+,27-,28?/m0/s1. The molecule has 9 heteroatoms. The van der Waals surface area contributed by atoms with E-state index in [-0.39, 0.29) is 24.6 Å². The van der Waals surface area contributed by atoms with Gasteiger partial charge in [0.05, 0.1) is 46.0 Å². The van der Waals surface area contributed by atoms with Crippen molar-refractivity contribution in [2.24, 2.45) is 16.8 Å². The van der Waals surface area contributed by atoms with Crippen LogP contribution in [0.4, 0.5) is 0 Å². The number of Topliss-reactive ketones (excluding diaryl/α,β-unsaturated/α-hetero) is 1. The molecule has 0 bridgehead atoms. The van der Waals surface area contributed by atoms with E-state index in [2.05, 4.69) is 0 Å². The Morgan fingerprint density at radius 1 is 0.850 bits per heavy atom. The van der Waals surface area contributed by atoms with Gasteiger partial charge in [-0.2, -0.15) is 0 Å². The molecule has 40 heavy (non-hydrogen) atoms. The lowest BCUT2D eigenvalue weighted by Gasteiger charge is -2.41. The fourth-order valence-electron chi connectivity index (χ4n) is 5.73. The largest absolute Gasteiger partial charge is 0.497 e. The molecule has 212 valence electrons. The molecule has 1 aliphatic heterocycles. The van der Waals surface area contributed by atoms with Crippen molar-refractivity contribution in [2.45, 2.75) is 39.0 Å². The summed E-state index contributed by atoms with van der Waals surface area (Å²) in [6.45, 7) is 5.47. The number of carbonyl (C=O) groups excluding carboxylic acids is 3. The predicted octanol–water partition coefficient (Wildman–Crippen LogP) is 4.64. The van der Waals surface area contributed by atoms with E-state index in [0.717, 1.165) is 5.56 Å². The first-order valence-corrected chi connectivity index (χ1v) is 13.3. The average Bonchev–Trinajstić information content (AvgIpc) is 2.96. The first kappa shape index (κ1) is 28.9. The molecular formula is C31H35NO8. The zero-order valence-electron chi connectivity index (χ0n) is 23.7. The van der Waals surface area contributed by atoms with Crippen LogP contribution in [-0.2, 0) is 23.9 Å². The maximum Gasteiger partial charge on any atom is 0.336 e. The molecule has 1 heterocycles. The molecule has 0 spiro atoms. The third-order valence-corrected chi connectivity index (χ3v) is 7.50. The molecule has 9 nitrogen and oxygen atoms in total. The van der Waals surface area contributed by atoms with Gasteiger partial charge in [0.25, 0.3) is 0 Å². The van der Waals surface area contributed by atoms with Crippen LogP contribution in [0.3, 0.4) is 0 Å². The summed E-state index contributed by atoms with van der Waals surface area (Å²) in [6, 6.07) is 12.6. The van der Waals surface area contributed by atoms with Crippen molar-refractivity contribution in [3.05, 3.63) is 64.9 Å². The average molecular weight is 550 g/mol. The summed E-state index contributed by atoms with van der Waals surface area (Å²) in [6.07, 6.45) is 0.337. The minimum Gasteiger partial charge on any atom is -0.497 e. The van der Waals surface area contributed by atoms with E-state index in [1.54, 1.807) is 58.2 Å². The number of hydrogen-bond acceptors (Lipinski definition) is 9. The van der Waals surface area contributed by atoms with Crippen LogP contribution in [0.15, 0.2) is 58.7 Å². The number of benzene rings is 2. The van der Waals surface area contributed by atoms with Crippen LogP contribution in [0, 0.1) is 11.8 Å². The lowest BCUT2D eigenvalue weighted by molar-refractivity contribution is -0.153. The number of fused-ring (bicyclic) bond motifs is 1. The number of allylic oxidation sites excluding steroid dienone is 1. The van der Waals surface area contributed by atoms with Gasteiger partial charge in [0.2, 0.25) is 0 Å². The molecular weight excluding hydrogens is 514 g/mol. The molecule has 1 aliphatic carbocycles. The monoisotopic (exact) mass is 549 g/mol. The highest BCUT2D eigenvalue weighted by Gasteiger charge is 2.53. The number of esters is 2. The lowest BCUT2D eigenvalue weighted by atomic mass is 9.62. The molecule has 0 saturated heterocycles. The Morgan fingerprint density at radius 2 is 1.50 bits per heavy atom. The Morgan fingerprint density at radius 3 is 2.10 bits per heavy atom. The molecule has 0 radical (unpaired) electrons. The van der Waals surface area contributed by atoms with Gasteiger partial charge >= 0.3 is 11.9 Å². The van der Waals surface area contributed by atoms with Crippen LogP contribution >= 0.6 is 0 Å². The van der Waals surface area contributed by atoms with Crippen molar-refractivity contribution in [1.29, 1.82) is 0 Å². The number of ether oxygens (including phenoxy) is 5. The smallest absolute Gasteiger partial charge is 0.336 e. The van der Waals surface area contributed by atoms with Crippen molar-refractivity contribution < 1.29 is 38.1 Å². The first-order valence-electron chi connectivity index (χ1n) is 13.3. The van der Waals surface area contributed by atoms with Gasteiger partial charge in [0.1, 0.15) is 11.7 Å². The Labute approximate surface area is 234 Å². The normalized spacial score (nSPS) is 22.1. The maximum absolute atomic E-state index is 14.4. The van der Waals surface area contributed by atoms with E-state index in [1.807, 2.05) is 12.1 Å². The number of aliphatic imine (C=N–C) groups is 1. The molecule has 4 atom stereocenters. The van der Waals surface area contributed by atoms with Gasteiger partial charge in [-0.05, 0) is 62.6 Å². The highest BCUT2D eigenvalue weighted by Crippen LogP contribution is 2.49. The lowest BCUT2D eigenvalue weighted by Crippen LogP contribution is -2.48. The van der Waals surface area contributed by atoms with Crippen LogP contribution in [0.1, 0.15) is 50.2 Å². The summed E-state index contributed by atoms with van der Waals surface area (Å²) in [5.41, 5.74) is 2.81. The Bertz CT molecular complexity index is 1340. The van der Waals surface area contributed by atoms with E-state index < -0.39 is 35.6 Å². The molecule has 4 rings (SSSR count). The van der Waals surface area contributed by atoms with Gasteiger partial charge in [0.15, 0.2) is 17.3 Å². The minimum absolute atomic E-state index is 0.135. The highest BCUT2D eigenvalue weighted by molar-refractivity contribution is 6.17. The number of hydrogen-bond donors (Lipinski definition) is 0. The Kier molecular flexibility index (Phi) is 8.92. The SMILES string of the molecule is CCOC(=O)C1=C(C)N=C2C[C@@H](c3ccc(OC)cc3)[C@H](C(=O)OCC)C(=O)C2[C@@H]1c1ccc(OC)c(OC)c1. The molecule has 1 unspecified atom stereocenters. The second kappa shape index (κ2) is 12.4. The predicted molar refractivity (Wildman–Crippen MR) is 148 cm³/mol. The van der Waals surface area contributed by atoms with Gasteiger partial charge in [-0.15, -0.1) is 0 Å². The zero-order chi connectivity index (χ0) is 29.0. The van der Waals surface area contributed by atoms with Gasteiger partial charge < -0.3 is 23.7 Å². The number of ketones is 1. The van der Waals surface area contributed by atoms with E-state index in [0.29, 0.717) is 40.6 Å². The fourth-order valence-corrected chi connectivity index (χ4v) is 5.73. The number of carbonyl (C=O) groups is 3. The third-order valence-electron chi connectivity index (χ3n) is 7.50. The molecule has 0 aromatic heterocycles. The summed E-state index contributed by atoms with van der Waals surface area (Å²) in [7, 11) is 4.63. The Balaban J connectivity index is 1.90. The molecule has 2 aromatic carbocycles. The topological polar surface area (TPSA) is 110 Å². The number of nitrogens with zero attached hydrogens (tertiary/aromatic N) is 1. The molecule has 0 N–H and O–H groups in total. The van der Waals surface area contributed by atoms with Gasteiger partial charge in [-0.3, -0.25) is 14.6 Å². The fraction of sp³-hybridized carbons (Fsp3) is 0.419. The molecule has 1 fully saturated rings. The summed E-state index contributed by atoms with van der Waals surface area (Å²) in [5, 5.41) is 0. The third kappa shape index (κ3) is 5.33. The van der Waals surface area contributed by atoms with Crippen molar-refractivity contribution in [3.8, 4) is 17.2 Å². The minimum atomic E-state index is -1.08. The second-order valence-corrected chi connectivity index (χ2v) is 9.61. The van der Waals surface area contributed by atoms with E-state index in [4.69, 9.17) is 28.7 Å². The highest BCUT2D eigenvalue weighted by atomic mass is 16.5. The van der Waals surface area contributed by atoms with Crippen molar-refractivity contribution in [1.82, 2.24) is 0 Å². The van der Waals surface area contributed by atoms with Gasteiger partial charge in [-0.25, -0.2) is 4.79 Å². The van der Waals surface area contributed by atoms with Gasteiger partial charge in [-0.1, -0.05) is 18.2 Å². The maximum atomic E-state index is 14.4. The van der Waals surface area contributed by atoms with E-state index >= 15 is 0 Å². The summed E-state index contributed by atoms with van der Waals surface area (Å²) in [5.74, 6) is -3.06. The summed E-state index contributed by atoms with van der Waals surface area (Å²) < 4.78 is 27.0. The van der Waals surface area contributed by atoms with E-state index in [1.165, 1.54) is 14.2 Å². The summed E-state index contributed by atoms with van der Waals surface area (Å²) in [4.78, 5) is 45.9. The second-order valence-electron chi connectivity index (χ2n) is 9.61. The van der Waals surface area contributed by atoms with Crippen molar-refractivity contribution in [2.75, 3.05) is 34.5 Å². The van der Waals surface area contributed by atoms with Crippen LogP contribution in [-0.4, -0.2) is 58.0 Å². The van der Waals surface area contributed by atoms with Gasteiger partial charge in [0, 0.05) is 23.2 Å². The number of rotatable bonds is 9. The first-order chi connectivity index (χ1) is 19.3. The molecule has 2 aromatic rings. The van der Waals surface area contributed by atoms with Crippen molar-refractivity contribution in [3.63, 3.8) is 0 Å².